The highest BCUT2D eigenvalue weighted by molar-refractivity contribution is 7.91. The molecule has 0 saturated carbocycles. The number of sulfone groups is 2. The van der Waals surface area contributed by atoms with Gasteiger partial charge in [-0.25, -0.2) is 21.8 Å². The van der Waals surface area contributed by atoms with Gasteiger partial charge in [0.2, 0.25) is 0 Å². The van der Waals surface area contributed by atoms with Crippen LogP contribution in [-0.2, 0) is 31.5 Å². The molecule has 0 aliphatic carbocycles. The summed E-state index contributed by atoms with van der Waals surface area (Å²) in [7, 11) is -7.35. The van der Waals surface area contributed by atoms with Crippen molar-refractivity contribution in [1.29, 1.82) is 0 Å². The maximum atomic E-state index is 14.3. The molecule has 198 valence electrons. The van der Waals surface area contributed by atoms with Crippen LogP contribution in [0.25, 0.3) is 10.9 Å². The molecule has 7 nitrogen and oxygen atoms in total. The number of aromatic nitrogens is 2. The third kappa shape index (κ3) is 5.76. The van der Waals surface area contributed by atoms with Crippen LogP contribution < -0.4 is 0 Å². The zero-order valence-corrected chi connectivity index (χ0v) is 22.0. The van der Waals surface area contributed by atoms with E-state index in [2.05, 4.69) is 9.97 Å². The van der Waals surface area contributed by atoms with Crippen LogP contribution in [0.15, 0.2) is 52.5 Å². The molecule has 0 saturated heterocycles. The van der Waals surface area contributed by atoms with Gasteiger partial charge >= 0.3 is 6.18 Å². The van der Waals surface area contributed by atoms with Crippen LogP contribution in [0.1, 0.15) is 44.9 Å². The number of alkyl halides is 3. The van der Waals surface area contributed by atoms with Crippen LogP contribution in [-0.4, -0.2) is 55.7 Å². The molecule has 1 atom stereocenters. The second-order valence-corrected chi connectivity index (χ2v) is 13.8. The van der Waals surface area contributed by atoms with Crippen molar-refractivity contribution in [2.75, 3.05) is 12.0 Å². The molecule has 12 heteroatoms. The van der Waals surface area contributed by atoms with E-state index in [1.165, 1.54) is 56.4 Å². The number of nitrogens with zero attached hydrogens (tertiary/aromatic N) is 1. The Balaban J connectivity index is 2.02. The smallest absolute Gasteiger partial charge is 0.380 e. The number of aliphatic hydroxyl groups is 1. The first-order valence-electron chi connectivity index (χ1n) is 11.2. The highest BCUT2D eigenvalue weighted by Gasteiger charge is 2.56. The summed E-state index contributed by atoms with van der Waals surface area (Å²) in [6, 6.07) is 8.44. The van der Waals surface area contributed by atoms with Gasteiger partial charge in [-0.3, -0.25) is 0 Å². The summed E-state index contributed by atoms with van der Waals surface area (Å²) < 4.78 is 91.9. The number of hydrogen-bond acceptors (Lipinski definition) is 6. The van der Waals surface area contributed by atoms with Gasteiger partial charge in [0.05, 0.1) is 22.4 Å². The number of hydrogen-bond donors (Lipinski definition) is 2. The summed E-state index contributed by atoms with van der Waals surface area (Å²) in [6.07, 6.45) is -4.12. The van der Waals surface area contributed by atoms with E-state index in [4.69, 9.17) is 0 Å². The largest absolute Gasteiger partial charge is 0.417 e. The second-order valence-electron chi connectivity index (χ2n) is 9.76. The molecular formula is C24H29F3N2O5S2. The zero-order chi connectivity index (χ0) is 27.2. The molecule has 2 heterocycles. The van der Waals surface area contributed by atoms with Crippen molar-refractivity contribution in [1.82, 2.24) is 9.97 Å². The first-order valence-corrected chi connectivity index (χ1v) is 14.7. The van der Waals surface area contributed by atoms with Crippen LogP contribution >= 0.6 is 0 Å². The number of benzene rings is 1. The third-order valence-electron chi connectivity index (χ3n) is 6.09. The minimum absolute atomic E-state index is 0.0314. The summed E-state index contributed by atoms with van der Waals surface area (Å²) in [5.41, 5.74) is -4.07. The minimum Gasteiger partial charge on any atom is -0.380 e. The lowest BCUT2D eigenvalue weighted by Gasteiger charge is -2.38. The monoisotopic (exact) mass is 546 g/mol. The lowest BCUT2D eigenvalue weighted by molar-refractivity contribution is -0.266. The fourth-order valence-corrected chi connectivity index (χ4v) is 6.80. The first-order chi connectivity index (χ1) is 16.4. The Hall–Kier alpha value is -2.44. The van der Waals surface area contributed by atoms with E-state index in [0.717, 1.165) is 6.26 Å². The molecule has 0 spiro atoms. The topological polar surface area (TPSA) is 117 Å². The second kappa shape index (κ2) is 9.46. The Labute approximate surface area is 208 Å². The molecule has 3 rings (SSSR count). The minimum atomic E-state index is -5.05. The zero-order valence-electron chi connectivity index (χ0n) is 20.3. The van der Waals surface area contributed by atoms with E-state index in [9.17, 15) is 35.1 Å². The molecule has 0 amide bonds. The van der Waals surface area contributed by atoms with Crippen LogP contribution in [0.3, 0.4) is 0 Å². The van der Waals surface area contributed by atoms with Gasteiger partial charge in [-0.05, 0) is 42.0 Å². The van der Waals surface area contributed by atoms with E-state index in [1.807, 2.05) is 0 Å². The molecule has 0 aliphatic heterocycles. The Morgan fingerprint density at radius 3 is 2.28 bits per heavy atom. The SMILES string of the molecule is CCCS(=O)(=O)c1cc2cc(CC(O)(CC(C)(C)c3ccccc3S(C)(=O)=O)C(F)(F)F)[nH]c2cn1. The van der Waals surface area contributed by atoms with Crippen LogP contribution in [0.2, 0.25) is 0 Å². The molecular weight excluding hydrogens is 517 g/mol. The number of aromatic amines is 1. The van der Waals surface area contributed by atoms with Gasteiger partial charge < -0.3 is 10.1 Å². The average molecular weight is 547 g/mol. The predicted molar refractivity (Wildman–Crippen MR) is 130 cm³/mol. The number of pyridine rings is 1. The summed E-state index contributed by atoms with van der Waals surface area (Å²) in [5.74, 6) is -0.110. The van der Waals surface area contributed by atoms with Gasteiger partial charge in [0.1, 0.15) is 0 Å². The van der Waals surface area contributed by atoms with Crippen LogP contribution in [0, 0.1) is 0 Å². The van der Waals surface area contributed by atoms with Crippen molar-refractivity contribution in [3.63, 3.8) is 0 Å². The maximum Gasteiger partial charge on any atom is 0.417 e. The van der Waals surface area contributed by atoms with E-state index >= 15 is 0 Å². The molecule has 3 aromatic rings. The van der Waals surface area contributed by atoms with Crippen molar-refractivity contribution in [2.45, 2.75) is 67.1 Å². The number of nitrogens with one attached hydrogen (secondary N) is 1. The number of fused-ring (bicyclic) bond motifs is 1. The lowest BCUT2D eigenvalue weighted by atomic mass is 9.73. The normalized spacial score (nSPS) is 15.2. The molecule has 0 radical (unpaired) electrons. The van der Waals surface area contributed by atoms with E-state index in [-0.39, 0.29) is 26.9 Å². The molecule has 1 unspecified atom stereocenters. The molecule has 0 bridgehead atoms. The molecule has 0 aliphatic rings. The quantitative estimate of drug-likeness (QED) is 0.412. The van der Waals surface area contributed by atoms with Gasteiger partial charge in [-0.1, -0.05) is 39.0 Å². The van der Waals surface area contributed by atoms with E-state index in [1.54, 1.807) is 6.92 Å². The summed E-state index contributed by atoms with van der Waals surface area (Å²) >= 11 is 0. The van der Waals surface area contributed by atoms with E-state index < -0.39 is 49.7 Å². The van der Waals surface area contributed by atoms with Crippen molar-refractivity contribution < 1.29 is 35.1 Å². The van der Waals surface area contributed by atoms with Crippen molar-refractivity contribution in [3.8, 4) is 0 Å². The van der Waals surface area contributed by atoms with Gasteiger partial charge in [0, 0.05) is 23.8 Å². The molecule has 2 N–H and O–H groups in total. The van der Waals surface area contributed by atoms with Crippen LogP contribution in [0.4, 0.5) is 13.2 Å². The number of H-pyrrole nitrogens is 1. The Morgan fingerprint density at radius 2 is 1.69 bits per heavy atom. The first kappa shape index (κ1) is 28.1. The summed E-state index contributed by atoms with van der Waals surface area (Å²) in [5, 5.41) is 11.1. The van der Waals surface area contributed by atoms with Crippen molar-refractivity contribution in [2.24, 2.45) is 0 Å². The van der Waals surface area contributed by atoms with Gasteiger partial charge in [0.25, 0.3) is 0 Å². The van der Waals surface area contributed by atoms with Crippen molar-refractivity contribution in [3.05, 3.63) is 53.9 Å². The molecule has 2 aromatic heterocycles. The fraction of sp³-hybridized carbons (Fsp3) is 0.458. The summed E-state index contributed by atoms with van der Waals surface area (Å²) in [4.78, 5) is 6.61. The van der Waals surface area contributed by atoms with Crippen LogP contribution in [0.5, 0.6) is 0 Å². The molecule has 1 aromatic carbocycles. The predicted octanol–water partition coefficient (Wildman–Crippen LogP) is 4.35. The number of halogens is 3. The molecule has 36 heavy (non-hydrogen) atoms. The fourth-order valence-electron chi connectivity index (χ4n) is 4.46. The Bertz CT molecular complexity index is 1480. The highest BCUT2D eigenvalue weighted by atomic mass is 32.2. The highest BCUT2D eigenvalue weighted by Crippen LogP contribution is 2.44. The standard InChI is InChI=1S/C24H29F3N2O5S2/c1-5-10-36(33,34)21-12-16-11-17(29-19(16)14-28-21)13-23(30,24(25,26)27)15-22(2,3)18-8-6-7-9-20(18)35(4,31)32/h6-9,11-12,14,29-30H,5,10,13,15H2,1-4H3. The number of rotatable bonds is 9. The molecule has 0 fully saturated rings. The van der Waals surface area contributed by atoms with Gasteiger partial charge in [0.15, 0.2) is 30.3 Å². The maximum absolute atomic E-state index is 14.3. The van der Waals surface area contributed by atoms with Gasteiger partial charge in [-0.2, -0.15) is 13.2 Å². The van der Waals surface area contributed by atoms with Crippen molar-refractivity contribution >= 4 is 30.6 Å². The summed E-state index contributed by atoms with van der Waals surface area (Å²) in [6.45, 7) is 4.61. The lowest BCUT2D eigenvalue weighted by Crippen LogP contribution is -2.51. The third-order valence-corrected chi connectivity index (χ3v) is 9.05. The van der Waals surface area contributed by atoms with E-state index in [0.29, 0.717) is 17.3 Å². The van der Waals surface area contributed by atoms with Gasteiger partial charge in [-0.15, -0.1) is 0 Å². The average Bonchev–Trinajstić information content (AvgIpc) is 3.13. The Kier molecular flexibility index (Phi) is 7.39. The Morgan fingerprint density at radius 1 is 1.06 bits per heavy atom.